The van der Waals surface area contributed by atoms with Crippen LogP contribution in [0.25, 0.3) is 44.2 Å². The second kappa shape index (κ2) is 8.65. The van der Waals surface area contributed by atoms with E-state index in [9.17, 15) is 0 Å². The van der Waals surface area contributed by atoms with Gasteiger partial charge in [-0.2, -0.15) is 0 Å². The maximum absolute atomic E-state index is 5.98. The molecule has 8 nitrogen and oxygen atoms in total. The van der Waals surface area contributed by atoms with Crippen LogP contribution < -0.4 is 9.47 Å². The molecule has 0 aliphatic carbocycles. The molecule has 0 spiro atoms. The number of hydrogen-bond acceptors (Lipinski definition) is 7. The second-order valence-electron chi connectivity index (χ2n) is 7.69. The average molecular weight is 442 g/mol. The minimum absolute atomic E-state index is 0.423. The van der Waals surface area contributed by atoms with Gasteiger partial charge in [0.2, 0.25) is 0 Å². The van der Waals surface area contributed by atoms with E-state index in [0.717, 1.165) is 44.2 Å². The van der Waals surface area contributed by atoms with Gasteiger partial charge in [0.1, 0.15) is 19.0 Å². The minimum atomic E-state index is 0.423. The number of rotatable bonds is 1. The first-order chi connectivity index (χ1) is 16.4. The maximum atomic E-state index is 5.98. The molecule has 5 aromatic rings. The molecule has 8 heteroatoms. The largest absolute Gasteiger partial charge is 0.487 e. The quantitative estimate of drug-likeness (QED) is 0.390. The predicted octanol–water partition coefficient (Wildman–Crippen LogP) is 4.13. The summed E-state index contributed by atoms with van der Waals surface area (Å²) in [4.78, 5) is 17.6. The lowest BCUT2D eigenvalue weighted by Gasteiger charge is -2.15. The monoisotopic (exact) mass is 442 g/mol. The zero-order chi connectivity index (χ0) is 22.0. The lowest BCUT2D eigenvalue weighted by molar-refractivity contribution is 0.0223. The average Bonchev–Trinajstić information content (AvgIpc) is 3.31. The zero-order valence-electron chi connectivity index (χ0n) is 17.9. The van der Waals surface area contributed by atoms with Crippen LogP contribution in [-0.4, -0.2) is 59.6 Å². The summed E-state index contributed by atoms with van der Waals surface area (Å²) in [7, 11) is 0. The number of nitrogens with zero attached hydrogens (tertiary/aromatic N) is 3. The summed E-state index contributed by atoms with van der Waals surface area (Å²) in [6.07, 6.45) is 3.57. The van der Waals surface area contributed by atoms with Gasteiger partial charge in [-0.3, -0.25) is 9.97 Å². The van der Waals surface area contributed by atoms with E-state index < -0.39 is 0 Å². The summed E-state index contributed by atoms with van der Waals surface area (Å²) < 4.78 is 22.9. The van der Waals surface area contributed by atoms with E-state index in [1.54, 1.807) is 12.4 Å². The Bertz CT molecular complexity index is 1380. The van der Waals surface area contributed by atoms with Crippen molar-refractivity contribution in [3.63, 3.8) is 0 Å². The molecule has 0 radical (unpaired) electrons. The number of hydrogen-bond donors (Lipinski definition) is 1. The number of fused-ring (bicyclic) bond motifs is 7. The number of pyridine rings is 2. The first-order valence-electron chi connectivity index (χ1n) is 10.9. The molecule has 0 amide bonds. The van der Waals surface area contributed by atoms with Crippen molar-refractivity contribution in [1.82, 2.24) is 19.9 Å². The number of aromatic nitrogens is 4. The van der Waals surface area contributed by atoms with Gasteiger partial charge in [0.05, 0.1) is 48.5 Å². The number of imidazole rings is 1. The Balaban J connectivity index is 1.46. The fraction of sp³-hybridized carbons (Fsp3) is 0.240. The molecule has 33 heavy (non-hydrogen) atoms. The normalized spacial score (nSPS) is 15.4. The van der Waals surface area contributed by atoms with Gasteiger partial charge in [-0.1, -0.05) is 0 Å². The highest BCUT2D eigenvalue weighted by atomic mass is 16.6. The summed E-state index contributed by atoms with van der Waals surface area (Å²) in [5, 5.41) is 1.95. The SMILES string of the molecule is c1cnc2c(c1)c1nc(-c3ccc4c(c3)OCCOCCOCCO4)[nH]c1c1cccnc12. The molecule has 0 fully saturated rings. The Morgan fingerprint density at radius 3 is 2.12 bits per heavy atom. The van der Waals surface area contributed by atoms with Crippen LogP contribution in [0.2, 0.25) is 0 Å². The fourth-order valence-electron chi connectivity index (χ4n) is 4.11. The third kappa shape index (κ3) is 3.73. The van der Waals surface area contributed by atoms with Gasteiger partial charge in [-0.25, -0.2) is 4.98 Å². The van der Waals surface area contributed by atoms with E-state index in [1.165, 1.54) is 0 Å². The van der Waals surface area contributed by atoms with Crippen LogP contribution in [0.4, 0.5) is 0 Å². The summed E-state index contributed by atoms with van der Waals surface area (Å²) in [5.41, 5.74) is 4.39. The van der Waals surface area contributed by atoms with Crippen molar-refractivity contribution < 1.29 is 18.9 Å². The highest BCUT2D eigenvalue weighted by molar-refractivity contribution is 6.21. The van der Waals surface area contributed by atoms with Gasteiger partial charge in [0.25, 0.3) is 0 Å². The van der Waals surface area contributed by atoms with Crippen molar-refractivity contribution >= 4 is 32.8 Å². The van der Waals surface area contributed by atoms with Crippen molar-refractivity contribution in [3.05, 3.63) is 54.9 Å². The van der Waals surface area contributed by atoms with E-state index in [-0.39, 0.29) is 0 Å². The van der Waals surface area contributed by atoms with Crippen molar-refractivity contribution in [2.24, 2.45) is 0 Å². The lowest BCUT2D eigenvalue weighted by atomic mass is 10.1. The number of benzene rings is 2. The molecule has 4 heterocycles. The third-order valence-corrected chi connectivity index (χ3v) is 5.63. The molecule has 0 saturated carbocycles. The van der Waals surface area contributed by atoms with Crippen LogP contribution in [0.15, 0.2) is 54.9 Å². The Morgan fingerprint density at radius 1 is 0.667 bits per heavy atom. The predicted molar refractivity (Wildman–Crippen MR) is 125 cm³/mol. The van der Waals surface area contributed by atoms with Gasteiger partial charge in [0, 0.05) is 28.7 Å². The molecule has 3 aromatic heterocycles. The zero-order valence-corrected chi connectivity index (χ0v) is 17.9. The van der Waals surface area contributed by atoms with Crippen molar-refractivity contribution in [1.29, 1.82) is 0 Å². The molecule has 1 aliphatic rings. The number of H-pyrrole nitrogens is 1. The fourth-order valence-corrected chi connectivity index (χ4v) is 4.11. The third-order valence-electron chi connectivity index (χ3n) is 5.63. The Labute approximate surface area is 189 Å². The van der Waals surface area contributed by atoms with Crippen molar-refractivity contribution in [3.8, 4) is 22.9 Å². The number of aromatic amines is 1. The molecular weight excluding hydrogens is 420 g/mol. The lowest BCUT2D eigenvalue weighted by Crippen LogP contribution is -2.15. The van der Waals surface area contributed by atoms with E-state index in [1.807, 2.05) is 42.5 Å². The Kier molecular flexibility index (Phi) is 5.22. The van der Waals surface area contributed by atoms with Crippen LogP contribution in [0.5, 0.6) is 11.5 Å². The minimum Gasteiger partial charge on any atom is -0.487 e. The molecule has 0 atom stereocenters. The van der Waals surface area contributed by atoms with Crippen molar-refractivity contribution in [2.45, 2.75) is 0 Å². The Morgan fingerprint density at radius 2 is 1.33 bits per heavy atom. The van der Waals surface area contributed by atoms with Crippen LogP contribution in [0.1, 0.15) is 0 Å². The first-order valence-corrected chi connectivity index (χ1v) is 10.9. The highest BCUT2D eigenvalue weighted by Crippen LogP contribution is 2.36. The summed E-state index contributed by atoms with van der Waals surface area (Å²) in [6, 6.07) is 13.7. The van der Waals surface area contributed by atoms with Gasteiger partial charge in [-0.05, 0) is 42.5 Å². The summed E-state index contributed by atoms with van der Waals surface area (Å²) in [5.74, 6) is 2.06. The summed E-state index contributed by atoms with van der Waals surface area (Å²) >= 11 is 0. The van der Waals surface area contributed by atoms with Gasteiger partial charge in [0.15, 0.2) is 11.5 Å². The highest BCUT2D eigenvalue weighted by Gasteiger charge is 2.16. The van der Waals surface area contributed by atoms with E-state index in [0.29, 0.717) is 51.1 Å². The summed E-state index contributed by atoms with van der Waals surface area (Å²) in [6.45, 7) is 2.94. The number of ether oxygens (including phenoxy) is 4. The molecular formula is C25H22N4O4. The van der Waals surface area contributed by atoms with Gasteiger partial charge in [-0.15, -0.1) is 0 Å². The smallest absolute Gasteiger partial charge is 0.162 e. The molecule has 1 aliphatic heterocycles. The van der Waals surface area contributed by atoms with Crippen LogP contribution in [-0.2, 0) is 9.47 Å². The molecule has 166 valence electrons. The molecule has 1 N–H and O–H groups in total. The maximum Gasteiger partial charge on any atom is 0.162 e. The first kappa shape index (κ1) is 19.9. The van der Waals surface area contributed by atoms with Crippen molar-refractivity contribution in [2.75, 3.05) is 39.6 Å². The van der Waals surface area contributed by atoms with Crippen LogP contribution >= 0.6 is 0 Å². The van der Waals surface area contributed by atoms with Crippen LogP contribution in [0.3, 0.4) is 0 Å². The molecule has 2 aromatic carbocycles. The van der Waals surface area contributed by atoms with E-state index in [4.69, 9.17) is 23.9 Å². The molecule has 0 saturated heterocycles. The van der Waals surface area contributed by atoms with Crippen LogP contribution in [0, 0.1) is 0 Å². The van der Waals surface area contributed by atoms with E-state index in [2.05, 4.69) is 15.0 Å². The topological polar surface area (TPSA) is 91.4 Å². The van der Waals surface area contributed by atoms with Gasteiger partial charge >= 0.3 is 0 Å². The molecule has 6 rings (SSSR count). The Hall–Kier alpha value is -3.75. The van der Waals surface area contributed by atoms with Gasteiger partial charge < -0.3 is 23.9 Å². The second-order valence-corrected chi connectivity index (χ2v) is 7.69. The number of nitrogens with one attached hydrogen (secondary N) is 1. The molecule has 0 bridgehead atoms. The standard InChI is InChI=1S/C25H22N4O4/c1-3-17-21(26-7-1)22-18(4-2-8-27-22)24-23(17)28-25(29-24)16-5-6-19-20(15-16)33-14-12-31-10-9-30-11-13-32-19/h1-8,15H,9-14H2,(H,28,29). The molecule has 0 unspecified atom stereocenters. The van der Waals surface area contributed by atoms with E-state index >= 15 is 0 Å².